The third-order valence-electron chi connectivity index (χ3n) is 3.82. The van der Waals surface area contributed by atoms with Crippen molar-refractivity contribution >= 4 is 33.2 Å². The van der Waals surface area contributed by atoms with Gasteiger partial charge in [-0.15, -0.1) is 0 Å². The van der Waals surface area contributed by atoms with Gasteiger partial charge in [0.15, 0.2) is 0 Å². The maximum Gasteiger partial charge on any atom is 0.0568 e. The Morgan fingerprint density at radius 2 is 1.94 bits per heavy atom. The molecule has 1 aliphatic heterocycles. The molecule has 3 heteroatoms. The van der Waals surface area contributed by atoms with Gasteiger partial charge in [0.25, 0.3) is 0 Å². The number of anilines is 1. The number of benzene rings is 1. The van der Waals surface area contributed by atoms with Gasteiger partial charge < -0.3 is 4.90 Å². The molecule has 0 aliphatic carbocycles. The molecule has 0 bridgehead atoms. The van der Waals surface area contributed by atoms with E-state index in [4.69, 9.17) is 11.6 Å². The highest BCUT2D eigenvalue weighted by molar-refractivity contribution is 9.10. The van der Waals surface area contributed by atoms with E-state index < -0.39 is 0 Å². The molecule has 0 spiro atoms. The van der Waals surface area contributed by atoms with Gasteiger partial charge in [-0.2, -0.15) is 0 Å². The fourth-order valence-electron chi connectivity index (χ4n) is 2.32. The molecule has 1 nitrogen and oxygen atoms in total. The maximum atomic E-state index is 6.10. The van der Waals surface area contributed by atoms with Crippen molar-refractivity contribution in [3.8, 4) is 0 Å². The summed E-state index contributed by atoms with van der Waals surface area (Å²) in [5.41, 5.74) is 1.78. The van der Waals surface area contributed by atoms with Gasteiger partial charge in [-0.3, -0.25) is 0 Å². The van der Waals surface area contributed by atoms with Crippen LogP contribution in [0.3, 0.4) is 0 Å². The predicted octanol–water partition coefficient (Wildman–Crippen LogP) is 4.73. The Labute approximate surface area is 111 Å². The molecule has 88 valence electrons. The lowest BCUT2D eigenvalue weighted by atomic mass is 9.75. The number of hydrogen-bond donors (Lipinski definition) is 0. The molecule has 0 aromatic heterocycles. The van der Waals surface area contributed by atoms with Gasteiger partial charge in [0.1, 0.15) is 0 Å². The topological polar surface area (TPSA) is 3.24 Å². The summed E-state index contributed by atoms with van der Waals surface area (Å²) in [5.74, 6) is 0. The number of halogens is 2. The molecule has 1 fully saturated rings. The van der Waals surface area contributed by atoms with Gasteiger partial charge in [-0.05, 0) is 47.0 Å². The molecule has 1 saturated heterocycles. The Kier molecular flexibility index (Phi) is 3.50. The molecule has 1 heterocycles. The molecule has 2 rings (SSSR count). The molecule has 16 heavy (non-hydrogen) atoms. The Morgan fingerprint density at radius 1 is 1.31 bits per heavy atom. The first-order chi connectivity index (χ1) is 7.60. The highest BCUT2D eigenvalue weighted by Crippen LogP contribution is 2.40. The fourth-order valence-corrected chi connectivity index (χ4v) is 2.75. The number of rotatable bonds is 3. The van der Waals surface area contributed by atoms with Crippen molar-refractivity contribution in [2.24, 2.45) is 5.41 Å². The largest absolute Gasteiger partial charge is 0.370 e. The molecule has 1 aromatic carbocycles. The van der Waals surface area contributed by atoms with Crippen molar-refractivity contribution in [1.82, 2.24) is 0 Å². The molecular formula is C13H17BrClN. The summed E-state index contributed by atoms with van der Waals surface area (Å²) in [6.07, 6.45) is 2.54. The second kappa shape index (κ2) is 4.58. The van der Waals surface area contributed by atoms with Crippen molar-refractivity contribution in [1.29, 1.82) is 0 Å². The summed E-state index contributed by atoms with van der Waals surface area (Å²) in [6, 6.07) is 6.20. The van der Waals surface area contributed by atoms with Crippen molar-refractivity contribution in [2.45, 2.75) is 26.7 Å². The minimum absolute atomic E-state index is 0.541. The van der Waals surface area contributed by atoms with Crippen LogP contribution in [-0.4, -0.2) is 13.1 Å². The zero-order valence-electron chi connectivity index (χ0n) is 9.76. The van der Waals surface area contributed by atoms with Crippen molar-refractivity contribution in [2.75, 3.05) is 18.0 Å². The Hall–Kier alpha value is -0.210. The van der Waals surface area contributed by atoms with Crippen molar-refractivity contribution in [3.05, 3.63) is 27.7 Å². The van der Waals surface area contributed by atoms with Crippen LogP contribution >= 0.6 is 27.5 Å². The summed E-state index contributed by atoms with van der Waals surface area (Å²) < 4.78 is 0.968. The summed E-state index contributed by atoms with van der Waals surface area (Å²) in [5, 5.41) is 0.794. The van der Waals surface area contributed by atoms with Crippen LogP contribution in [-0.2, 0) is 0 Å². The molecular weight excluding hydrogens is 286 g/mol. The van der Waals surface area contributed by atoms with Crippen molar-refractivity contribution in [3.63, 3.8) is 0 Å². The average molecular weight is 303 g/mol. The van der Waals surface area contributed by atoms with Crippen LogP contribution in [0.25, 0.3) is 0 Å². The van der Waals surface area contributed by atoms with Crippen LogP contribution < -0.4 is 4.90 Å². The van der Waals surface area contributed by atoms with Crippen LogP contribution in [0.5, 0.6) is 0 Å². The average Bonchev–Trinajstić information content (AvgIpc) is 2.23. The van der Waals surface area contributed by atoms with Crippen LogP contribution in [0.15, 0.2) is 22.7 Å². The lowest BCUT2D eigenvalue weighted by molar-refractivity contribution is 0.194. The van der Waals surface area contributed by atoms with E-state index >= 15 is 0 Å². The second-order valence-electron chi connectivity index (χ2n) is 4.66. The Bertz CT molecular complexity index is 380. The van der Waals surface area contributed by atoms with Gasteiger partial charge in [0, 0.05) is 28.7 Å². The van der Waals surface area contributed by atoms with Crippen molar-refractivity contribution < 1.29 is 0 Å². The summed E-state index contributed by atoms with van der Waals surface area (Å²) in [6.45, 7) is 6.90. The number of nitrogens with zero attached hydrogens (tertiary/aromatic N) is 1. The smallest absolute Gasteiger partial charge is 0.0568 e. The second-order valence-corrected chi connectivity index (χ2v) is 5.92. The first kappa shape index (κ1) is 12.3. The molecule has 0 unspecified atom stereocenters. The van der Waals surface area contributed by atoms with E-state index in [9.17, 15) is 0 Å². The van der Waals surface area contributed by atoms with E-state index in [-0.39, 0.29) is 0 Å². The SMILES string of the molecule is CCC1(CC)CN(c2ccc(Br)c(Cl)c2)C1. The van der Waals surface area contributed by atoms with Crippen LogP contribution in [0.1, 0.15) is 26.7 Å². The number of hydrogen-bond acceptors (Lipinski definition) is 1. The Morgan fingerprint density at radius 3 is 2.44 bits per heavy atom. The fraction of sp³-hybridized carbons (Fsp3) is 0.538. The van der Waals surface area contributed by atoms with Crippen LogP contribution in [0.2, 0.25) is 5.02 Å². The standard InChI is InChI=1S/C13H17BrClN/c1-3-13(4-2)8-16(9-13)10-5-6-11(14)12(15)7-10/h5-7H,3-4,8-9H2,1-2H3. The lowest BCUT2D eigenvalue weighted by Gasteiger charge is -2.51. The van der Waals surface area contributed by atoms with Crippen LogP contribution in [0, 0.1) is 5.41 Å². The minimum Gasteiger partial charge on any atom is -0.370 e. The highest BCUT2D eigenvalue weighted by atomic mass is 79.9. The zero-order valence-corrected chi connectivity index (χ0v) is 12.1. The van der Waals surface area contributed by atoms with Gasteiger partial charge in [-0.25, -0.2) is 0 Å². The monoisotopic (exact) mass is 301 g/mol. The maximum absolute atomic E-state index is 6.10. The Balaban J connectivity index is 2.09. The first-order valence-corrected chi connectivity index (χ1v) is 6.97. The molecule has 0 amide bonds. The lowest BCUT2D eigenvalue weighted by Crippen LogP contribution is -2.55. The first-order valence-electron chi connectivity index (χ1n) is 5.80. The van der Waals surface area contributed by atoms with E-state index in [1.165, 1.54) is 18.5 Å². The summed E-state index contributed by atoms with van der Waals surface area (Å²) in [7, 11) is 0. The third-order valence-corrected chi connectivity index (χ3v) is 5.05. The normalized spacial score (nSPS) is 18.4. The summed E-state index contributed by atoms with van der Waals surface area (Å²) >= 11 is 9.52. The molecule has 0 atom stereocenters. The molecule has 0 saturated carbocycles. The highest BCUT2D eigenvalue weighted by Gasteiger charge is 2.39. The molecule has 0 N–H and O–H groups in total. The van der Waals surface area contributed by atoms with E-state index in [0.717, 1.165) is 22.6 Å². The predicted molar refractivity (Wildman–Crippen MR) is 74.4 cm³/mol. The summed E-state index contributed by atoms with van der Waals surface area (Å²) in [4.78, 5) is 2.41. The van der Waals surface area contributed by atoms with E-state index in [1.54, 1.807) is 0 Å². The van der Waals surface area contributed by atoms with Gasteiger partial charge in [0.2, 0.25) is 0 Å². The third kappa shape index (κ3) is 2.10. The van der Waals surface area contributed by atoms with E-state index in [1.807, 2.05) is 12.1 Å². The van der Waals surface area contributed by atoms with Gasteiger partial charge >= 0.3 is 0 Å². The van der Waals surface area contributed by atoms with Gasteiger partial charge in [0.05, 0.1) is 5.02 Å². The van der Waals surface area contributed by atoms with E-state index in [0.29, 0.717) is 5.41 Å². The molecule has 1 aliphatic rings. The van der Waals surface area contributed by atoms with Gasteiger partial charge in [-0.1, -0.05) is 25.4 Å². The van der Waals surface area contributed by atoms with Crippen LogP contribution in [0.4, 0.5) is 5.69 Å². The molecule has 1 aromatic rings. The minimum atomic E-state index is 0.541. The molecule has 0 radical (unpaired) electrons. The van der Waals surface area contributed by atoms with E-state index in [2.05, 4.69) is 40.7 Å². The zero-order chi connectivity index (χ0) is 11.8. The quantitative estimate of drug-likeness (QED) is 0.780.